The molecule has 5 heteroatoms. The molecule has 2 aromatic rings. The van der Waals surface area contributed by atoms with Crippen molar-refractivity contribution in [1.82, 2.24) is 19.9 Å². The van der Waals surface area contributed by atoms with Crippen LogP contribution in [0, 0.1) is 5.92 Å². The van der Waals surface area contributed by atoms with Gasteiger partial charge in [-0.1, -0.05) is 11.6 Å². The molecule has 0 aliphatic carbocycles. The van der Waals surface area contributed by atoms with Gasteiger partial charge in [0.25, 0.3) is 0 Å². The fourth-order valence-electron chi connectivity index (χ4n) is 2.43. The highest BCUT2D eigenvalue weighted by molar-refractivity contribution is 6.33. The standard InChI is InChI=1S/C12H15ClN4/c13-10-4-2-6-17-11(15-16-12(10)17)7-9-3-1-5-14-8-9/h2,4,6,9,14H,1,3,5,7-8H2. The number of rotatable bonds is 2. The Morgan fingerprint density at radius 3 is 3.24 bits per heavy atom. The zero-order valence-electron chi connectivity index (χ0n) is 9.56. The monoisotopic (exact) mass is 250 g/mol. The summed E-state index contributed by atoms with van der Waals surface area (Å²) in [6, 6.07) is 3.78. The number of hydrogen-bond donors (Lipinski definition) is 1. The molecular formula is C12H15ClN4. The predicted molar refractivity (Wildman–Crippen MR) is 67.3 cm³/mol. The third kappa shape index (κ3) is 2.15. The van der Waals surface area contributed by atoms with Gasteiger partial charge in [-0.05, 0) is 44.0 Å². The summed E-state index contributed by atoms with van der Waals surface area (Å²) in [5, 5.41) is 12.5. The van der Waals surface area contributed by atoms with Crippen molar-refractivity contribution in [1.29, 1.82) is 0 Å². The number of aromatic nitrogens is 3. The van der Waals surface area contributed by atoms with Crippen LogP contribution in [0.25, 0.3) is 5.65 Å². The van der Waals surface area contributed by atoms with Crippen LogP contribution in [0.2, 0.25) is 5.02 Å². The Kier molecular flexibility index (Phi) is 2.99. The van der Waals surface area contributed by atoms with Gasteiger partial charge in [-0.2, -0.15) is 0 Å². The van der Waals surface area contributed by atoms with Crippen LogP contribution in [0.4, 0.5) is 0 Å². The average Bonchev–Trinajstić information content (AvgIpc) is 2.76. The Balaban J connectivity index is 1.87. The Morgan fingerprint density at radius 2 is 2.41 bits per heavy atom. The van der Waals surface area contributed by atoms with Crippen LogP contribution in [-0.4, -0.2) is 27.7 Å². The number of piperidine rings is 1. The molecule has 1 N–H and O–H groups in total. The van der Waals surface area contributed by atoms with Gasteiger partial charge in [-0.3, -0.25) is 4.40 Å². The van der Waals surface area contributed by atoms with Crippen LogP contribution in [0.5, 0.6) is 0 Å². The van der Waals surface area contributed by atoms with E-state index in [-0.39, 0.29) is 0 Å². The molecule has 1 saturated heterocycles. The molecule has 1 unspecified atom stereocenters. The Bertz CT molecular complexity index is 516. The number of pyridine rings is 1. The van der Waals surface area contributed by atoms with Crippen molar-refractivity contribution in [3.8, 4) is 0 Å². The second kappa shape index (κ2) is 4.63. The molecule has 0 saturated carbocycles. The van der Waals surface area contributed by atoms with Crippen LogP contribution in [0.1, 0.15) is 18.7 Å². The fourth-order valence-corrected chi connectivity index (χ4v) is 2.63. The summed E-state index contributed by atoms with van der Waals surface area (Å²) in [5.74, 6) is 1.67. The van der Waals surface area contributed by atoms with Gasteiger partial charge in [-0.15, -0.1) is 10.2 Å². The van der Waals surface area contributed by atoms with E-state index in [0.29, 0.717) is 10.9 Å². The number of nitrogens with one attached hydrogen (secondary N) is 1. The summed E-state index contributed by atoms with van der Waals surface area (Å²) in [5.41, 5.74) is 0.757. The van der Waals surface area contributed by atoms with Crippen LogP contribution in [0.3, 0.4) is 0 Å². The first kappa shape index (κ1) is 11.0. The molecule has 1 aliphatic rings. The molecule has 0 radical (unpaired) electrons. The lowest BCUT2D eigenvalue weighted by Gasteiger charge is -2.21. The Labute approximate surface area is 105 Å². The quantitative estimate of drug-likeness (QED) is 0.886. The molecule has 1 fully saturated rings. The topological polar surface area (TPSA) is 42.2 Å². The minimum atomic E-state index is 0.660. The number of hydrogen-bond acceptors (Lipinski definition) is 3. The summed E-state index contributed by atoms with van der Waals surface area (Å²) < 4.78 is 2.00. The number of fused-ring (bicyclic) bond motifs is 1. The largest absolute Gasteiger partial charge is 0.316 e. The van der Waals surface area contributed by atoms with E-state index >= 15 is 0 Å². The fraction of sp³-hybridized carbons (Fsp3) is 0.500. The maximum atomic E-state index is 6.08. The van der Waals surface area contributed by atoms with Gasteiger partial charge in [-0.25, -0.2) is 0 Å². The first-order chi connectivity index (χ1) is 8.34. The molecule has 2 aromatic heterocycles. The predicted octanol–water partition coefficient (Wildman–Crippen LogP) is 1.92. The van der Waals surface area contributed by atoms with Gasteiger partial charge < -0.3 is 5.32 Å². The van der Waals surface area contributed by atoms with Crippen LogP contribution < -0.4 is 5.32 Å². The average molecular weight is 251 g/mol. The third-order valence-corrected chi connectivity index (χ3v) is 3.62. The Morgan fingerprint density at radius 1 is 1.47 bits per heavy atom. The molecule has 0 spiro atoms. The lowest BCUT2D eigenvalue weighted by molar-refractivity contribution is 0.370. The van der Waals surface area contributed by atoms with Crippen molar-refractivity contribution in [2.45, 2.75) is 19.3 Å². The van der Waals surface area contributed by atoms with E-state index in [9.17, 15) is 0 Å². The van der Waals surface area contributed by atoms with Gasteiger partial charge in [0.1, 0.15) is 5.82 Å². The lowest BCUT2D eigenvalue weighted by atomic mass is 9.96. The second-order valence-electron chi connectivity index (χ2n) is 4.58. The first-order valence-corrected chi connectivity index (χ1v) is 6.41. The molecule has 1 aliphatic heterocycles. The van der Waals surface area contributed by atoms with E-state index in [1.165, 1.54) is 12.8 Å². The summed E-state index contributed by atoms with van der Waals surface area (Å²) in [4.78, 5) is 0. The van der Waals surface area contributed by atoms with Gasteiger partial charge in [0.2, 0.25) is 0 Å². The lowest BCUT2D eigenvalue weighted by Crippen LogP contribution is -2.31. The normalized spacial score (nSPS) is 20.9. The van der Waals surface area contributed by atoms with E-state index in [1.54, 1.807) is 0 Å². The molecule has 0 amide bonds. The molecular weight excluding hydrogens is 236 g/mol. The van der Waals surface area contributed by atoms with E-state index in [4.69, 9.17) is 11.6 Å². The van der Waals surface area contributed by atoms with Crippen molar-refractivity contribution in [3.63, 3.8) is 0 Å². The highest BCUT2D eigenvalue weighted by atomic mass is 35.5. The molecule has 3 heterocycles. The summed E-state index contributed by atoms with van der Waals surface area (Å²) in [6.07, 6.45) is 5.46. The van der Waals surface area contributed by atoms with Gasteiger partial charge >= 0.3 is 0 Å². The second-order valence-corrected chi connectivity index (χ2v) is 4.99. The molecule has 0 aromatic carbocycles. The summed E-state index contributed by atoms with van der Waals surface area (Å²) in [7, 11) is 0. The van der Waals surface area contributed by atoms with Gasteiger partial charge in [0, 0.05) is 12.6 Å². The van der Waals surface area contributed by atoms with Crippen molar-refractivity contribution >= 4 is 17.2 Å². The maximum Gasteiger partial charge on any atom is 0.179 e. The van der Waals surface area contributed by atoms with Crippen LogP contribution in [-0.2, 0) is 6.42 Å². The van der Waals surface area contributed by atoms with Crippen molar-refractivity contribution in [2.75, 3.05) is 13.1 Å². The number of nitrogens with zero attached hydrogens (tertiary/aromatic N) is 3. The minimum Gasteiger partial charge on any atom is -0.316 e. The zero-order chi connectivity index (χ0) is 11.7. The van der Waals surface area contributed by atoms with Crippen molar-refractivity contribution in [2.24, 2.45) is 5.92 Å². The van der Waals surface area contributed by atoms with Crippen LogP contribution >= 0.6 is 11.6 Å². The van der Waals surface area contributed by atoms with E-state index < -0.39 is 0 Å². The molecule has 90 valence electrons. The van der Waals surface area contributed by atoms with Crippen LogP contribution in [0.15, 0.2) is 18.3 Å². The molecule has 0 bridgehead atoms. The number of halogens is 1. The van der Waals surface area contributed by atoms with E-state index in [1.807, 2.05) is 22.7 Å². The molecule has 3 rings (SSSR count). The summed E-state index contributed by atoms with van der Waals surface area (Å²) in [6.45, 7) is 2.22. The van der Waals surface area contributed by atoms with Crippen molar-refractivity contribution in [3.05, 3.63) is 29.2 Å². The van der Waals surface area contributed by atoms with Crippen molar-refractivity contribution < 1.29 is 0 Å². The van der Waals surface area contributed by atoms with E-state index in [2.05, 4.69) is 15.5 Å². The Hall–Kier alpha value is -1.13. The molecule has 4 nitrogen and oxygen atoms in total. The smallest absolute Gasteiger partial charge is 0.179 e. The third-order valence-electron chi connectivity index (χ3n) is 3.33. The highest BCUT2D eigenvalue weighted by Gasteiger charge is 2.17. The SMILES string of the molecule is Clc1cccn2c(CC3CCCNC3)nnc12. The summed E-state index contributed by atoms with van der Waals surface area (Å²) >= 11 is 6.08. The van der Waals surface area contributed by atoms with E-state index in [0.717, 1.165) is 31.0 Å². The highest BCUT2D eigenvalue weighted by Crippen LogP contribution is 2.19. The molecule has 1 atom stereocenters. The molecule has 17 heavy (non-hydrogen) atoms. The first-order valence-electron chi connectivity index (χ1n) is 6.03. The minimum absolute atomic E-state index is 0.660. The van der Waals surface area contributed by atoms with Gasteiger partial charge in [0.15, 0.2) is 5.65 Å². The van der Waals surface area contributed by atoms with Gasteiger partial charge in [0.05, 0.1) is 5.02 Å². The zero-order valence-corrected chi connectivity index (χ0v) is 10.3. The maximum absolute atomic E-state index is 6.08.